The molecular weight excluding hydrogens is 216 g/mol. The SMILES string of the molecule is CC(CCN)CC(=O)NOCc1ccccc1. The fourth-order valence-electron chi connectivity index (χ4n) is 1.52. The molecule has 0 aliphatic rings. The maximum absolute atomic E-state index is 11.4. The lowest BCUT2D eigenvalue weighted by Gasteiger charge is -2.10. The van der Waals surface area contributed by atoms with Crippen LogP contribution in [0.15, 0.2) is 30.3 Å². The minimum Gasteiger partial charge on any atom is -0.330 e. The molecule has 0 aromatic heterocycles. The van der Waals surface area contributed by atoms with Gasteiger partial charge in [0.05, 0.1) is 6.61 Å². The van der Waals surface area contributed by atoms with Crippen LogP contribution in [0.5, 0.6) is 0 Å². The number of carbonyl (C=O) groups is 1. The Morgan fingerprint density at radius 3 is 2.76 bits per heavy atom. The van der Waals surface area contributed by atoms with Gasteiger partial charge in [-0.05, 0) is 24.4 Å². The second-order valence-electron chi connectivity index (χ2n) is 4.19. The van der Waals surface area contributed by atoms with Crippen LogP contribution < -0.4 is 11.2 Å². The van der Waals surface area contributed by atoms with E-state index in [0.717, 1.165) is 12.0 Å². The molecule has 17 heavy (non-hydrogen) atoms. The van der Waals surface area contributed by atoms with Gasteiger partial charge in [-0.2, -0.15) is 0 Å². The minimum atomic E-state index is -0.0955. The molecule has 0 aliphatic carbocycles. The van der Waals surface area contributed by atoms with Crippen LogP contribution in [0.1, 0.15) is 25.3 Å². The highest BCUT2D eigenvalue weighted by Gasteiger charge is 2.08. The zero-order chi connectivity index (χ0) is 12.5. The van der Waals surface area contributed by atoms with Crippen LogP contribution in [0.25, 0.3) is 0 Å². The summed E-state index contributed by atoms with van der Waals surface area (Å²) in [4.78, 5) is 16.6. The lowest BCUT2D eigenvalue weighted by molar-refractivity contribution is -0.135. The summed E-state index contributed by atoms with van der Waals surface area (Å²) in [6.45, 7) is 3.00. The molecule has 1 unspecified atom stereocenters. The maximum Gasteiger partial charge on any atom is 0.243 e. The summed E-state index contributed by atoms with van der Waals surface area (Å²) in [6.07, 6.45) is 1.30. The summed E-state index contributed by atoms with van der Waals surface area (Å²) in [6, 6.07) is 9.71. The van der Waals surface area contributed by atoms with Crippen molar-refractivity contribution < 1.29 is 9.63 Å². The van der Waals surface area contributed by atoms with E-state index in [1.54, 1.807) is 0 Å². The zero-order valence-electron chi connectivity index (χ0n) is 10.2. The van der Waals surface area contributed by atoms with Gasteiger partial charge in [0.15, 0.2) is 0 Å². The van der Waals surface area contributed by atoms with Crippen LogP contribution in [0, 0.1) is 5.92 Å². The van der Waals surface area contributed by atoms with Crippen LogP contribution in [0.3, 0.4) is 0 Å². The van der Waals surface area contributed by atoms with Crippen LogP contribution >= 0.6 is 0 Å². The van der Waals surface area contributed by atoms with Crippen molar-refractivity contribution in [2.75, 3.05) is 6.54 Å². The summed E-state index contributed by atoms with van der Waals surface area (Å²) in [5.41, 5.74) is 8.89. The number of benzene rings is 1. The summed E-state index contributed by atoms with van der Waals surface area (Å²) < 4.78 is 0. The number of nitrogens with two attached hydrogens (primary N) is 1. The predicted molar refractivity (Wildman–Crippen MR) is 66.8 cm³/mol. The quantitative estimate of drug-likeness (QED) is 0.707. The zero-order valence-corrected chi connectivity index (χ0v) is 10.2. The van der Waals surface area contributed by atoms with Crippen molar-refractivity contribution in [2.24, 2.45) is 11.7 Å². The molecule has 0 fully saturated rings. The number of hydrogen-bond acceptors (Lipinski definition) is 3. The number of nitrogens with one attached hydrogen (secondary N) is 1. The highest BCUT2D eigenvalue weighted by atomic mass is 16.6. The monoisotopic (exact) mass is 236 g/mol. The van der Waals surface area contributed by atoms with Gasteiger partial charge in [-0.15, -0.1) is 0 Å². The molecule has 1 atom stereocenters. The second-order valence-corrected chi connectivity index (χ2v) is 4.19. The van der Waals surface area contributed by atoms with Gasteiger partial charge in [-0.25, -0.2) is 5.48 Å². The van der Waals surface area contributed by atoms with Gasteiger partial charge in [0.25, 0.3) is 0 Å². The summed E-state index contributed by atoms with van der Waals surface area (Å²) >= 11 is 0. The molecule has 1 rings (SSSR count). The molecule has 4 nitrogen and oxygen atoms in total. The maximum atomic E-state index is 11.4. The molecule has 1 aromatic carbocycles. The lowest BCUT2D eigenvalue weighted by atomic mass is 10.0. The molecule has 1 amide bonds. The molecule has 3 N–H and O–H groups in total. The molecule has 0 saturated heterocycles. The van der Waals surface area contributed by atoms with E-state index < -0.39 is 0 Å². The van der Waals surface area contributed by atoms with E-state index in [1.807, 2.05) is 37.3 Å². The van der Waals surface area contributed by atoms with E-state index in [1.165, 1.54) is 0 Å². The van der Waals surface area contributed by atoms with E-state index in [9.17, 15) is 4.79 Å². The van der Waals surface area contributed by atoms with Crippen molar-refractivity contribution >= 4 is 5.91 Å². The standard InChI is InChI=1S/C13H20N2O2/c1-11(7-8-14)9-13(16)15-17-10-12-5-3-2-4-6-12/h2-6,11H,7-10,14H2,1H3,(H,15,16). The highest BCUT2D eigenvalue weighted by molar-refractivity contribution is 5.74. The van der Waals surface area contributed by atoms with Gasteiger partial charge in [0.1, 0.15) is 0 Å². The van der Waals surface area contributed by atoms with Crippen LogP contribution in [0.2, 0.25) is 0 Å². The van der Waals surface area contributed by atoms with Crippen LogP contribution in [-0.2, 0) is 16.2 Å². The van der Waals surface area contributed by atoms with E-state index in [-0.39, 0.29) is 5.91 Å². The number of rotatable bonds is 7. The summed E-state index contributed by atoms with van der Waals surface area (Å²) in [5, 5.41) is 0. The first kappa shape index (κ1) is 13.7. The lowest BCUT2D eigenvalue weighted by Crippen LogP contribution is -2.25. The van der Waals surface area contributed by atoms with E-state index >= 15 is 0 Å². The smallest absolute Gasteiger partial charge is 0.243 e. The molecule has 0 aliphatic heterocycles. The van der Waals surface area contributed by atoms with Crippen molar-refractivity contribution in [2.45, 2.75) is 26.4 Å². The number of hydrogen-bond donors (Lipinski definition) is 2. The molecule has 0 spiro atoms. The Kier molecular flexibility index (Phi) is 6.29. The number of hydroxylamine groups is 1. The average Bonchev–Trinajstić information content (AvgIpc) is 2.30. The Balaban J connectivity index is 2.16. The minimum absolute atomic E-state index is 0.0955. The van der Waals surface area contributed by atoms with E-state index in [0.29, 0.717) is 25.5 Å². The van der Waals surface area contributed by atoms with Crippen molar-refractivity contribution in [3.8, 4) is 0 Å². The molecular formula is C13H20N2O2. The van der Waals surface area contributed by atoms with Crippen LogP contribution in [-0.4, -0.2) is 12.5 Å². The third-order valence-electron chi connectivity index (χ3n) is 2.46. The third-order valence-corrected chi connectivity index (χ3v) is 2.46. The van der Waals surface area contributed by atoms with Gasteiger partial charge < -0.3 is 5.73 Å². The van der Waals surface area contributed by atoms with Crippen molar-refractivity contribution in [3.05, 3.63) is 35.9 Å². The molecule has 0 bridgehead atoms. The van der Waals surface area contributed by atoms with Gasteiger partial charge >= 0.3 is 0 Å². The Bertz CT molecular complexity index is 327. The third kappa shape index (κ3) is 6.04. The normalized spacial score (nSPS) is 12.1. The molecule has 1 aromatic rings. The molecule has 94 valence electrons. The number of amides is 1. The topological polar surface area (TPSA) is 64.4 Å². The first-order chi connectivity index (χ1) is 8.22. The summed E-state index contributed by atoms with van der Waals surface area (Å²) in [7, 11) is 0. The Hall–Kier alpha value is -1.39. The average molecular weight is 236 g/mol. The molecule has 0 heterocycles. The van der Waals surface area contributed by atoms with Gasteiger partial charge in [-0.3, -0.25) is 9.63 Å². The molecule has 4 heteroatoms. The van der Waals surface area contributed by atoms with Crippen molar-refractivity contribution in [1.82, 2.24) is 5.48 Å². The first-order valence-electron chi connectivity index (χ1n) is 5.87. The fraction of sp³-hybridized carbons (Fsp3) is 0.462. The van der Waals surface area contributed by atoms with Crippen molar-refractivity contribution in [3.63, 3.8) is 0 Å². The largest absolute Gasteiger partial charge is 0.330 e. The van der Waals surface area contributed by atoms with Crippen molar-refractivity contribution in [1.29, 1.82) is 0 Å². The summed E-state index contributed by atoms with van der Waals surface area (Å²) in [5.74, 6) is 0.196. The number of carbonyl (C=O) groups excluding carboxylic acids is 1. The van der Waals surface area contributed by atoms with E-state index in [2.05, 4.69) is 5.48 Å². The highest BCUT2D eigenvalue weighted by Crippen LogP contribution is 2.05. The van der Waals surface area contributed by atoms with Gasteiger partial charge in [-0.1, -0.05) is 37.3 Å². The van der Waals surface area contributed by atoms with Gasteiger partial charge in [0.2, 0.25) is 5.91 Å². The van der Waals surface area contributed by atoms with Crippen LogP contribution in [0.4, 0.5) is 0 Å². The second kappa shape index (κ2) is 7.81. The Morgan fingerprint density at radius 2 is 2.12 bits per heavy atom. The van der Waals surface area contributed by atoms with Gasteiger partial charge in [0, 0.05) is 6.42 Å². The Labute approximate surface area is 102 Å². The fourth-order valence-corrected chi connectivity index (χ4v) is 1.52. The first-order valence-corrected chi connectivity index (χ1v) is 5.87. The molecule has 0 saturated carbocycles. The Morgan fingerprint density at radius 1 is 1.41 bits per heavy atom. The predicted octanol–water partition coefficient (Wildman–Crippen LogP) is 1.61. The van der Waals surface area contributed by atoms with E-state index in [4.69, 9.17) is 10.6 Å². The molecule has 0 radical (unpaired) electrons.